The van der Waals surface area contributed by atoms with Gasteiger partial charge in [-0.3, -0.25) is 4.79 Å². The Hall–Kier alpha value is -0.610. The van der Waals surface area contributed by atoms with Gasteiger partial charge in [0.1, 0.15) is 0 Å². The SMILES string of the molecule is CC(C)C(C)(CN)NC(=O)CC1CCCCO1. The highest BCUT2D eigenvalue weighted by Gasteiger charge is 2.29. The van der Waals surface area contributed by atoms with Crippen molar-refractivity contribution >= 4 is 5.91 Å². The summed E-state index contributed by atoms with van der Waals surface area (Å²) in [6.45, 7) is 7.39. The molecule has 1 aliphatic heterocycles. The number of amides is 1. The Bertz CT molecular complexity index is 250. The van der Waals surface area contributed by atoms with Crippen LogP contribution in [-0.2, 0) is 9.53 Å². The van der Waals surface area contributed by atoms with E-state index in [4.69, 9.17) is 10.5 Å². The molecule has 100 valence electrons. The zero-order valence-electron chi connectivity index (χ0n) is 11.3. The first kappa shape index (κ1) is 14.5. The minimum Gasteiger partial charge on any atom is -0.378 e. The summed E-state index contributed by atoms with van der Waals surface area (Å²) in [6, 6.07) is 0. The minimum atomic E-state index is -0.314. The number of rotatable bonds is 5. The maximum Gasteiger partial charge on any atom is 0.223 e. The Kier molecular flexibility index (Phi) is 5.40. The molecule has 0 bridgehead atoms. The second-order valence-corrected chi connectivity index (χ2v) is 5.52. The van der Waals surface area contributed by atoms with Gasteiger partial charge in [-0.15, -0.1) is 0 Å². The normalized spacial score (nSPS) is 24.4. The molecule has 2 atom stereocenters. The van der Waals surface area contributed by atoms with Gasteiger partial charge in [0.2, 0.25) is 5.91 Å². The van der Waals surface area contributed by atoms with Gasteiger partial charge < -0.3 is 15.8 Å². The number of carbonyl (C=O) groups excluding carboxylic acids is 1. The van der Waals surface area contributed by atoms with Crippen LogP contribution in [0.3, 0.4) is 0 Å². The topological polar surface area (TPSA) is 64.3 Å². The molecule has 0 spiro atoms. The first-order valence-electron chi connectivity index (χ1n) is 6.60. The zero-order chi connectivity index (χ0) is 12.9. The second kappa shape index (κ2) is 6.36. The van der Waals surface area contributed by atoms with Crippen LogP contribution in [0.1, 0.15) is 46.5 Å². The third kappa shape index (κ3) is 4.28. The summed E-state index contributed by atoms with van der Waals surface area (Å²) >= 11 is 0. The highest BCUT2D eigenvalue weighted by Crippen LogP contribution is 2.18. The standard InChI is InChI=1S/C13H26N2O2/c1-10(2)13(3,9-14)15-12(16)8-11-6-4-5-7-17-11/h10-11H,4-9,14H2,1-3H3,(H,15,16). The van der Waals surface area contributed by atoms with E-state index in [-0.39, 0.29) is 17.6 Å². The molecule has 0 saturated carbocycles. The van der Waals surface area contributed by atoms with Crippen molar-refractivity contribution in [2.45, 2.75) is 58.1 Å². The van der Waals surface area contributed by atoms with E-state index in [2.05, 4.69) is 19.2 Å². The average molecular weight is 242 g/mol. The number of carbonyl (C=O) groups is 1. The number of hydrogen-bond donors (Lipinski definition) is 2. The molecule has 1 amide bonds. The number of nitrogens with one attached hydrogen (secondary N) is 1. The molecule has 1 saturated heterocycles. The predicted octanol–water partition coefficient (Wildman–Crippen LogP) is 1.44. The second-order valence-electron chi connectivity index (χ2n) is 5.52. The van der Waals surface area contributed by atoms with Crippen LogP contribution in [0.5, 0.6) is 0 Å². The monoisotopic (exact) mass is 242 g/mol. The van der Waals surface area contributed by atoms with E-state index in [0.29, 0.717) is 18.9 Å². The summed E-state index contributed by atoms with van der Waals surface area (Å²) in [5, 5.41) is 3.05. The fraction of sp³-hybridized carbons (Fsp3) is 0.923. The molecule has 0 aromatic rings. The lowest BCUT2D eigenvalue weighted by molar-refractivity contribution is -0.127. The highest BCUT2D eigenvalue weighted by atomic mass is 16.5. The molecule has 1 rings (SSSR count). The Morgan fingerprint density at radius 2 is 2.24 bits per heavy atom. The largest absolute Gasteiger partial charge is 0.378 e. The number of ether oxygens (including phenoxy) is 1. The average Bonchev–Trinajstić information content (AvgIpc) is 2.29. The maximum atomic E-state index is 11.9. The van der Waals surface area contributed by atoms with Gasteiger partial charge in [-0.2, -0.15) is 0 Å². The van der Waals surface area contributed by atoms with Crippen molar-refractivity contribution in [3.63, 3.8) is 0 Å². The van der Waals surface area contributed by atoms with Gasteiger partial charge >= 0.3 is 0 Å². The molecule has 1 fully saturated rings. The van der Waals surface area contributed by atoms with Crippen molar-refractivity contribution in [1.29, 1.82) is 0 Å². The molecule has 1 aliphatic rings. The van der Waals surface area contributed by atoms with Crippen molar-refractivity contribution in [1.82, 2.24) is 5.32 Å². The van der Waals surface area contributed by atoms with Crippen LogP contribution in [-0.4, -0.2) is 30.7 Å². The highest BCUT2D eigenvalue weighted by molar-refractivity contribution is 5.77. The van der Waals surface area contributed by atoms with Gasteiger partial charge in [0.15, 0.2) is 0 Å². The van der Waals surface area contributed by atoms with E-state index >= 15 is 0 Å². The summed E-state index contributed by atoms with van der Waals surface area (Å²) in [6.07, 6.45) is 3.83. The van der Waals surface area contributed by atoms with Crippen molar-refractivity contribution in [2.24, 2.45) is 11.7 Å². The summed E-state index contributed by atoms with van der Waals surface area (Å²) in [4.78, 5) is 11.9. The van der Waals surface area contributed by atoms with E-state index in [1.807, 2.05) is 6.92 Å². The first-order valence-corrected chi connectivity index (χ1v) is 6.60. The van der Waals surface area contributed by atoms with Crippen LogP contribution >= 0.6 is 0 Å². The molecule has 4 nitrogen and oxygen atoms in total. The van der Waals surface area contributed by atoms with Crippen LogP contribution < -0.4 is 11.1 Å². The maximum absolute atomic E-state index is 11.9. The van der Waals surface area contributed by atoms with Gasteiger partial charge in [-0.05, 0) is 32.1 Å². The van der Waals surface area contributed by atoms with Crippen molar-refractivity contribution in [2.75, 3.05) is 13.2 Å². The third-order valence-electron chi connectivity index (χ3n) is 3.81. The van der Waals surface area contributed by atoms with Gasteiger partial charge in [0.05, 0.1) is 18.1 Å². The van der Waals surface area contributed by atoms with Crippen LogP contribution in [0.25, 0.3) is 0 Å². The minimum absolute atomic E-state index is 0.0542. The smallest absolute Gasteiger partial charge is 0.223 e. The number of hydrogen-bond acceptors (Lipinski definition) is 3. The Morgan fingerprint density at radius 1 is 1.53 bits per heavy atom. The molecule has 4 heteroatoms. The van der Waals surface area contributed by atoms with Gasteiger partial charge in [-0.1, -0.05) is 13.8 Å². The van der Waals surface area contributed by atoms with E-state index in [9.17, 15) is 4.79 Å². The predicted molar refractivity (Wildman–Crippen MR) is 68.6 cm³/mol. The quantitative estimate of drug-likeness (QED) is 0.766. The molecular formula is C13H26N2O2. The molecule has 1 heterocycles. The van der Waals surface area contributed by atoms with Crippen molar-refractivity contribution in [3.8, 4) is 0 Å². The molecule has 0 aromatic carbocycles. The van der Waals surface area contributed by atoms with Crippen LogP contribution in [0.15, 0.2) is 0 Å². The molecule has 2 unspecified atom stereocenters. The Labute approximate surface area is 104 Å². The molecule has 0 aliphatic carbocycles. The van der Waals surface area contributed by atoms with Gasteiger partial charge in [0.25, 0.3) is 0 Å². The molecule has 0 aromatic heterocycles. The lowest BCUT2D eigenvalue weighted by Crippen LogP contribution is -2.55. The van der Waals surface area contributed by atoms with Gasteiger partial charge in [-0.25, -0.2) is 0 Å². The van der Waals surface area contributed by atoms with Crippen LogP contribution in [0.2, 0.25) is 0 Å². The summed E-state index contributed by atoms with van der Waals surface area (Å²) < 4.78 is 5.57. The summed E-state index contributed by atoms with van der Waals surface area (Å²) in [7, 11) is 0. The Morgan fingerprint density at radius 3 is 2.71 bits per heavy atom. The fourth-order valence-electron chi connectivity index (χ4n) is 1.98. The lowest BCUT2D eigenvalue weighted by atomic mass is 9.88. The van der Waals surface area contributed by atoms with E-state index in [0.717, 1.165) is 25.9 Å². The molecular weight excluding hydrogens is 216 g/mol. The summed E-state index contributed by atoms with van der Waals surface area (Å²) in [5.74, 6) is 0.377. The first-order chi connectivity index (χ1) is 7.98. The Balaban J connectivity index is 2.42. The van der Waals surface area contributed by atoms with E-state index in [1.165, 1.54) is 0 Å². The molecule has 0 radical (unpaired) electrons. The van der Waals surface area contributed by atoms with Crippen LogP contribution in [0.4, 0.5) is 0 Å². The zero-order valence-corrected chi connectivity index (χ0v) is 11.3. The van der Waals surface area contributed by atoms with Crippen molar-refractivity contribution < 1.29 is 9.53 Å². The van der Waals surface area contributed by atoms with Crippen molar-refractivity contribution in [3.05, 3.63) is 0 Å². The fourth-order valence-corrected chi connectivity index (χ4v) is 1.98. The lowest BCUT2D eigenvalue weighted by Gasteiger charge is -2.34. The summed E-state index contributed by atoms with van der Waals surface area (Å²) in [5.41, 5.74) is 5.43. The van der Waals surface area contributed by atoms with E-state index < -0.39 is 0 Å². The third-order valence-corrected chi connectivity index (χ3v) is 3.81. The molecule has 3 N–H and O–H groups in total. The number of nitrogens with two attached hydrogens (primary N) is 1. The van der Waals surface area contributed by atoms with E-state index in [1.54, 1.807) is 0 Å². The van der Waals surface area contributed by atoms with Gasteiger partial charge in [0, 0.05) is 13.2 Å². The van der Waals surface area contributed by atoms with Crippen LogP contribution in [0, 0.1) is 5.92 Å². The molecule has 17 heavy (non-hydrogen) atoms.